The van der Waals surface area contributed by atoms with E-state index in [4.69, 9.17) is 0 Å². The minimum absolute atomic E-state index is 0.0815. The molecule has 1 aromatic heterocycles. The van der Waals surface area contributed by atoms with Crippen molar-refractivity contribution in [1.29, 1.82) is 0 Å². The van der Waals surface area contributed by atoms with Gasteiger partial charge in [-0.25, -0.2) is 4.68 Å². The molecule has 33 heavy (non-hydrogen) atoms. The molecule has 7 heteroatoms. The van der Waals surface area contributed by atoms with Crippen LogP contribution in [0.15, 0.2) is 83.7 Å². The normalized spacial score (nSPS) is 10.7. The number of benzene rings is 3. The Morgan fingerprint density at radius 1 is 0.848 bits per heavy atom. The lowest BCUT2D eigenvalue weighted by Crippen LogP contribution is -2.30. The van der Waals surface area contributed by atoms with Crippen LogP contribution < -0.4 is 10.9 Å². The van der Waals surface area contributed by atoms with Crippen LogP contribution in [0.5, 0.6) is 0 Å². The molecule has 0 spiro atoms. The average Bonchev–Trinajstić information content (AvgIpc) is 2.84. The van der Waals surface area contributed by atoms with E-state index in [2.05, 4.69) is 10.4 Å². The molecule has 0 aliphatic heterocycles. The maximum Gasteiger partial charge on any atom is 0.274 e. The van der Waals surface area contributed by atoms with E-state index in [-0.39, 0.29) is 36.2 Å². The third-order valence-electron chi connectivity index (χ3n) is 5.32. The molecular formula is C26H24N4O3. The highest BCUT2D eigenvalue weighted by Crippen LogP contribution is 2.14. The lowest BCUT2D eigenvalue weighted by atomic mass is 10.1. The van der Waals surface area contributed by atoms with Crippen LogP contribution >= 0.6 is 0 Å². The molecule has 4 aromatic rings. The highest BCUT2D eigenvalue weighted by molar-refractivity contribution is 6.04. The molecule has 2 amide bonds. The zero-order chi connectivity index (χ0) is 23.4. The van der Waals surface area contributed by atoms with Gasteiger partial charge in [0.05, 0.1) is 11.9 Å². The van der Waals surface area contributed by atoms with Crippen molar-refractivity contribution in [3.63, 3.8) is 0 Å². The molecule has 166 valence electrons. The molecule has 7 nitrogen and oxygen atoms in total. The Balaban J connectivity index is 1.59. The van der Waals surface area contributed by atoms with E-state index >= 15 is 0 Å². The van der Waals surface area contributed by atoms with Crippen molar-refractivity contribution in [2.75, 3.05) is 14.1 Å². The second-order valence-corrected chi connectivity index (χ2v) is 7.92. The van der Waals surface area contributed by atoms with Gasteiger partial charge >= 0.3 is 0 Å². The standard InChI is InChI=1S/C26H24N4O3/c1-29(2)25(32)20-14-12-18(13-15-20)16-27-24(31)23-21-10-6-7-11-22(21)26(33)30(28-23)17-19-8-4-3-5-9-19/h3-15H,16-17H2,1-2H3,(H,27,31). The number of aromatic nitrogens is 2. The third-order valence-corrected chi connectivity index (χ3v) is 5.32. The van der Waals surface area contributed by atoms with E-state index in [0.29, 0.717) is 16.3 Å². The van der Waals surface area contributed by atoms with Crippen LogP contribution in [0.1, 0.15) is 32.0 Å². The summed E-state index contributed by atoms with van der Waals surface area (Å²) in [6.45, 7) is 0.537. The molecule has 0 atom stereocenters. The van der Waals surface area contributed by atoms with E-state index in [0.717, 1.165) is 11.1 Å². The largest absolute Gasteiger partial charge is 0.347 e. The maximum absolute atomic E-state index is 13.1. The molecule has 0 saturated carbocycles. The predicted molar refractivity (Wildman–Crippen MR) is 127 cm³/mol. The smallest absolute Gasteiger partial charge is 0.274 e. The summed E-state index contributed by atoms with van der Waals surface area (Å²) in [5, 5.41) is 8.24. The summed E-state index contributed by atoms with van der Waals surface area (Å²) < 4.78 is 1.33. The first kappa shape index (κ1) is 22.0. The van der Waals surface area contributed by atoms with Crippen LogP contribution in [-0.4, -0.2) is 40.6 Å². The molecule has 0 aliphatic carbocycles. The van der Waals surface area contributed by atoms with E-state index in [1.54, 1.807) is 62.6 Å². The van der Waals surface area contributed by atoms with Gasteiger partial charge in [0.25, 0.3) is 17.4 Å². The van der Waals surface area contributed by atoms with Gasteiger partial charge in [-0.2, -0.15) is 5.10 Å². The summed E-state index contributed by atoms with van der Waals surface area (Å²) in [6, 6.07) is 23.6. The van der Waals surface area contributed by atoms with Crippen molar-refractivity contribution in [2.45, 2.75) is 13.1 Å². The summed E-state index contributed by atoms with van der Waals surface area (Å²) in [4.78, 5) is 39.6. The number of hydrogen-bond acceptors (Lipinski definition) is 4. The highest BCUT2D eigenvalue weighted by Gasteiger charge is 2.17. The number of carbonyl (C=O) groups excluding carboxylic acids is 2. The van der Waals surface area contributed by atoms with Gasteiger partial charge in [0, 0.05) is 31.6 Å². The zero-order valence-corrected chi connectivity index (χ0v) is 18.5. The minimum Gasteiger partial charge on any atom is -0.347 e. The van der Waals surface area contributed by atoms with Gasteiger partial charge in [-0.3, -0.25) is 14.4 Å². The molecule has 0 fully saturated rings. The van der Waals surface area contributed by atoms with Crippen molar-refractivity contribution in [2.24, 2.45) is 0 Å². The number of hydrogen-bond donors (Lipinski definition) is 1. The summed E-state index contributed by atoms with van der Waals surface area (Å²) in [6.07, 6.45) is 0. The summed E-state index contributed by atoms with van der Waals surface area (Å²) >= 11 is 0. The molecule has 1 N–H and O–H groups in total. The van der Waals surface area contributed by atoms with Crippen molar-refractivity contribution in [1.82, 2.24) is 20.0 Å². The minimum atomic E-state index is -0.374. The first-order valence-electron chi connectivity index (χ1n) is 10.6. The van der Waals surface area contributed by atoms with Gasteiger partial charge < -0.3 is 10.2 Å². The Morgan fingerprint density at radius 3 is 2.15 bits per heavy atom. The first-order valence-corrected chi connectivity index (χ1v) is 10.6. The van der Waals surface area contributed by atoms with Crippen LogP contribution in [0.3, 0.4) is 0 Å². The van der Waals surface area contributed by atoms with Crippen molar-refractivity contribution >= 4 is 22.6 Å². The lowest BCUT2D eigenvalue weighted by Gasteiger charge is -2.12. The molecule has 0 saturated heterocycles. The van der Waals surface area contributed by atoms with Gasteiger partial charge in [0.1, 0.15) is 0 Å². The Hall–Kier alpha value is -4.26. The van der Waals surface area contributed by atoms with Crippen LogP contribution in [0.4, 0.5) is 0 Å². The molecular weight excluding hydrogens is 416 g/mol. The Morgan fingerprint density at radius 2 is 1.48 bits per heavy atom. The van der Waals surface area contributed by atoms with Crippen LogP contribution in [0.2, 0.25) is 0 Å². The zero-order valence-electron chi connectivity index (χ0n) is 18.5. The number of fused-ring (bicyclic) bond motifs is 1. The molecule has 0 bridgehead atoms. The molecule has 1 heterocycles. The fourth-order valence-electron chi connectivity index (χ4n) is 3.56. The fraction of sp³-hybridized carbons (Fsp3) is 0.154. The second kappa shape index (κ2) is 9.48. The molecule has 0 aliphatic rings. The van der Waals surface area contributed by atoms with Gasteiger partial charge in [-0.15, -0.1) is 0 Å². The quantitative estimate of drug-likeness (QED) is 0.499. The third kappa shape index (κ3) is 4.82. The van der Waals surface area contributed by atoms with E-state index in [9.17, 15) is 14.4 Å². The van der Waals surface area contributed by atoms with Crippen molar-refractivity contribution in [3.05, 3.63) is 112 Å². The van der Waals surface area contributed by atoms with Crippen molar-refractivity contribution < 1.29 is 9.59 Å². The number of amides is 2. The van der Waals surface area contributed by atoms with Crippen LogP contribution in [0, 0.1) is 0 Å². The SMILES string of the molecule is CN(C)C(=O)c1ccc(CNC(=O)c2nn(Cc3ccccc3)c(=O)c3ccccc23)cc1. The van der Waals surface area contributed by atoms with E-state index in [1.165, 1.54) is 9.58 Å². The molecule has 0 unspecified atom stereocenters. The number of nitrogens with zero attached hydrogens (tertiary/aromatic N) is 3. The molecule has 3 aromatic carbocycles. The lowest BCUT2D eigenvalue weighted by molar-refractivity contribution is 0.0827. The van der Waals surface area contributed by atoms with Crippen LogP contribution in [0.25, 0.3) is 10.8 Å². The summed E-state index contributed by atoms with van der Waals surface area (Å²) in [5.74, 6) is -0.455. The number of nitrogens with one attached hydrogen (secondary N) is 1. The Labute approximate surface area is 191 Å². The predicted octanol–water partition coefficient (Wildman–Crippen LogP) is 3.08. The maximum atomic E-state index is 13.1. The first-order chi connectivity index (χ1) is 15.9. The Kier molecular flexibility index (Phi) is 6.31. The van der Waals surface area contributed by atoms with Gasteiger partial charge in [0.2, 0.25) is 0 Å². The van der Waals surface area contributed by atoms with Gasteiger partial charge in [0.15, 0.2) is 5.69 Å². The van der Waals surface area contributed by atoms with Gasteiger partial charge in [-0.05, 0) is 29.3 Å². The molecule has 0 radical (unpaired) electrons. The average molecular weight is 441 g/mol. The monoisotopic (exact) mass is 440 g/mol. The topological polar surface area (TPSA) is 84.3 Å². The highest BCUT2D eigenvalue weighted by atomic mass is 16.2. The summed E-state index contributed by atoms with van der Waals surface area (Å²) in [5.41, 5.74) is 2.30. The fourth-order valence-corrected chi connectivity index (χ4v) is 3.56. The number of carbonyl (C=O) groups is 2. The van der Waals surface area contributed by atoms with E-state index in [1.807, 2.05) is 30.3 Å². The Bertz CT molecular complexity index is 1360. The van der Waals surface area contributed by atoms with Crippen LogP contribution in [-0.2, 0) is 13.1 Å². The number of rotatable bonds is 6. The summed E-state index contributed by atoms with van der Waals surface area (Å²) in [7, 11) is 3.40. The van der Waals surface area contributed by atoms with Gasteiger partial charge in [-0.1, -0.05) is 60.7 Å². The second-order valence-electron chi connectivity index (χ2n) is 7.92. The van der Waals surface area contributed by atoms with E-state index < -0.39 is 0 Å². The molecule has 4 rings (SSSR count). The van der Waals surface area contributed by atoms with Crippen molar-refractivity contribution in [3.8, 4) is 0 Å².